The van der Waals surface area contributed by atoms with Crippen LogP contribution in [-0.4, -0.2) is 30.9 Å². The lowest BCUT2D eigenvalue weighted by atomic mass is 10.1. The number of carbonyl (C=O) groups excluding carboxylic acids is 1. The highest BCUT2D eigenvalue weighted by Crippen LogP contribution is 2.27. The minimum absolute atomic E-state index is 0.0358. The zero-order valence-electron chi connectivity index (χ0n) is 13.9. The van der Waals surface area contributed by atoms with Gasteiger partial charge in [-0.25, -0.2) is 5.43 Å². The van der Waals surface area contributed by atoms with Gasteiger partial charge >= 0.3 is 0 Å². The Morgan fingerprint density at radius 3 is 2.54 bits per heavy atom. The molecular formula is C18H20N2O4. The van der Waals surface area contributed by atoms with E-state index in [1.54, 1.807) is 26.4 Å². The van der Waals surface area contributed by atoms with E-state index in [2.05, 4.69) is 10.5 Å². The fourth-order valence-corrected chi connectivity index (χ4v) is 2.18. The number of hydrogen-bond donors (Lipinski definition) is 2. The van der Waals surface area contributed by atoms with E-state index in [-0.39, 0.29) is 11.7 Å². The first kappa shape index (κ1) is 17.3. The van der Waals surface area contributed by atoms with Crippen molar-refractivity contribution in [3.63, 3.8) is 0 Å². The molecule has 0 fully saturated rings. The smallest absolute Gasteiger partial charge is 0.271 e. The largest absolute Gasteiger partial charge is 0.508 e. The van der Waals surface area contributed by atoms with Gasteiger partial charge in [-0.2, -0.15) is 5.10 Å². The second-order valence-electron chi connectivity index (χ2n) is 5.20. The molecule has 0 bridgehead atoms. The number of phenolic OH excluding ortho intramolecular Hbond substituents is 1. The van der Waals surface area contributed by atoms with Gasteiger partial charge < -0.3 is 14.6 Å². The Labute approximate surface area is 140 Å². The lowest BCUT2D eigenvalue weighted by molar-refractivity contribution is 0.0954. The Morgan fingerprint density at radius 1 is 1.12 bits per heavy atom. The minimum atomic E-state index is -0.377. The summed E-state index contributed by atoms with van der Waals surface area (Å²) >= 11 is 0. The predicted octanol–water partition coefficient (Wildman–Crippen LogP) is 2.76. The minimum Gasteiger partial charge on any atom is -0.508 e. The van der Waals surface area contributed by atoms with E-state index >= 15 is 0 Å². The fourth-order valence-electron chi connectivity index (χ4n) is 2.18. The summed E-state index contributed by atoms with van der Waals surface area (Å²) in [5.74, 6) is 0.964. The molecule has 24 heavy (non-hydrogen) atoms. The van der Waals surface area contributed by atoms with Crippen molar-refractivity contribution in [2.75, 3.05) is 14.2 Å². The van der Waals surface area contributed by atoms with Crippen LogP contribution < -0.4 is 14.9 Å². The van der Waals surface area contributed by atoms with E-state index < -0.39 is 0 Å². The molecule has 2 rings (SSSR count). The molecule has 0 unspecified atom stereocenters. The van der Waals surface area contributed by atoms with Crippen molar-refractivity contribution in [2.45, 2.75) is 13.3 Å². The van der Waals surface area contributed by atoms with Gasteiger partial charge in [0.25, 0.3) is 5.91 Å². The number of nitrogens with zero attached hydrogens (tertiary/aromatic N) is 1. The highest BCUT2D eigenvalue weighted by Gasteiger charge is 2.07. The highest BCUT2D eigenvalue weighted by molar-refractivity contribution is 5.95. The van der Waals surface area contributed by atoms with Gasteiger partial charge in [-0.15, -0.1) is 0 Å². The molecule has 0 saturated heterocycles. The molecule has 0 heterocycles. The molecule has 2 aromatic rings. The third-order valence-corrected chi connectivity index (χ3v) is 3.36. The molecule has 0 aliphatic rings. The molecule has 0 atom stereocenters. The summed E-state index contributed by atoms with van der Waals surface area (Å²) in [7, 11) is 3.17. The van der Waals surface area contributed by atoms with Crippen LogP contribution in [0, 0.1) is 0 Å². The molecule has 2 N–H and O–H groups in total. The van der Waals surface area contributed by atoms with Gasteiger partial charge in [-0.3, -0.25) is 4.79 Å². The summed E-state index contributed by atoms with van der Waals surface area (Å²) in [4.78, 5) is 12.0. The number of hydrazone groups is 1. The normalized spacial score (nSPS) is 11.0. The Kier molecular flexibility index (Phi) is 5.78. The standard InChI is InChI=1S/C18H20N2O4/c1-12(9-13-7-8-16(23-2)17(10-13)24-3)19-20-18(22)14-5-4-6-15(21)11-14/h4-8,10-11,21H,9H2,1-3H3,(H,20,22)/b19-12-. The van der Waals surface area contributed by atoms with E-state index in [0.29, 0.717) is 23.5 Å². The summed E-state index contributed by atoms with van der Waals surface area (Å²) in [6.45, 7) is 1.82. The lowest BCUT2D eigenvalue weighted by Crippen LogP contribution is -2.19. The number of nitrogens with one attached hydrogen (secondary N) is 1. The van der Waals surface area contributed by atoms with Gasteiger partial charge in [0.2, 0.25) is 0 Å². The first-order valence-corrected chi connectivity index (χ1v) is 7.37. The molecule has 2 aromatic carbocycles. The van der Waals surface area contributed by atoms with E-state index in [1.165, 1.54) is 12.1 Å². The number of methoxy groups -OCH3 is 2. The maximum Gasteiger partial charge on any atom is 0.271 e. The number of carbonyl (C=O) groups is 1. The first-order valence-electron chi connectivity index (χ1n) is 7.37. The second-order valence-corrected chi connectivity index (χ2v) is 5.20. The van der Waals surface area contributed by atoms with E-state index in [4.69, 9.17) is 9.47 Å². The third-order valence-electron chi connectivity index (χ3n) is 3.36. The van der Waals surface area contributed by atoms with Crippen LogP contribution in [0.5, 0.6) is 17.2 Å². The van der Waals surface area contributed by atoms with E-state index in [1.807, 2.05) is 25.1 Å². The summed E-state index contributed by atoms with van der Waals surface area (Å²) in [5, 5.41) is 13.5. The van der Waals surface area contributed by atoms with Crippen molar-refractivity contribution in [3.05, 3.63) is 53.6 Å². The van der Waals surface area contributed by atoms with Gasteiger partial charge in [0, 0.05) is 17.7 Å². The summed E-state index contributed by atoms with van der Waals surface area (Å²) in [6, 6.07) is 11.7. The molecular weight excluding hydrogens is 308 g/mol. The van der Waals surface area contributed by atoms with Gasteiger partial charge in [0.15, 0.2) is 11.5 Å². The topological polar surface area (TPSA) is 80.2 Å². The van der Waals surface area contributed by atoms with Gasteiger partial charge in [0.1, 0.15) is 5.75 Å². The van der Waals surface area contributed by atoms with Gasteiger partial charge in [0.05, 0.1) is 14.2 Å². The number of amides is 1. The van der Waals surface area contributed by atoms with Crippen LogP contribution in [0.3, 0.4) is 0 Å². The molecule has 0 aliphatic heterocycles. The van der Waals surface area contributed by atoms with Crippen LogP contribution in [0.25, 0.3) is 0 Å². The number of ether oxygens (including phenoxy) is 2. The van der Waals surface area contributed by atoms with E-state index in [0.717, 1.165) is 11.3 Å². The molecule has 0 spiro atoms. The Hall–Kier alpha value is -3.02. The number of phenols is 1. The molecule has 1 amide bonds. The van der Waals surface area contributed by atoms with Crippen molar-refractivity contribution in [3.8, 4) is 17.2 Å². The summed E-state index contributed by atoms with van der Waals surface area (Å²) < 4.78 is 10.5. The Morgan fingerprint density at radius 2 is 1.88 bits per heavy atom. The van der Waals surface area contributed by atoms with Gasteiger partial charge in [-0.05, 0) is 42.8 Å². The number of aromatic hydroxyl groups is 1. The summed E-state index contributed by atoms with van der Waals surface area (Å²) in [6.07, 6.45) is 0.556. The molecule has 0 radical (unpaired) electrons. The zero-order valence-corrected chi connectivity index (χ0v) is 13.9. The molecule has 6 nitrogen and oxygen atoms in total. The average Bonchev–Trinajstić information content (AvgIpc) is 2.59. The predicted molar refractivity (Wildman–Crippen MR) is 91.9 cm³/mol. The quantitative estimate of drug-likeness (QED) is 0.631. The van der Waals surface area contributed by atoms with Crippen molar-refractivity contribution < 1.29 is 19.4 Å². The number of benzene rings is 2. The van der Waals surface area contributed by atoms with Crippen LogP contribution in [0.2, 0.25) is 0 Å². The average molecular weight is 328 g/mol. The van der Waals surface area contributed by atoms with Crippen LogP contribution in [0.1, 0.15) is 22.8 Å². The van der Waals surface area contributed by atoms with Crippen molar-refractivity contribution in [1.82, 2.24) is 5.43 Å². The molecule has 0 aromatic heterocycles. The Balaban J connectivity index is 2.02. The molecule has 0 saturated carbocycles. The molecule has 6 heteroatoms. The van der Waals surface area contributed by atoms with Crippen molar-refractivity contribution >= 4 is 11.6 Å². The zero-order chi connectivity index (χ0) is 17.5. The SMILES string of the molecule is COc1ccc(C/C(C)=N\NC(=O)c2cccc(O)c2)cc1OC. The van der Waals surface area contributed by atoms with Crippen LogP contribution >= 0.6 is 0 Å². The third kappa shape index (κ3) is 4.49. The van der Waals surface area contributed by atoms with Crippen molar-refractivity contribution in [2.24, 2.45) is 5.10 Å². The van der Waals surface area contributed by atoms with Crippen molar-refractivity contribution in [1.29, 1.82) is 0 Å². The molecule has 0 aliphatic carbocycles. The molecule has 126 valence electrons. The number of rotatable bonds is 6. The van der Waals surface area contributed by atoms with Crippen LogP contribution in [0.15, 0.2) is 47.6 Å². The maximum absolute atomic E-state index is 12.0. The van der Waals surface area contributed by atoms with Crippen LogP contribution in [-0.2, 0) is 6.42 Å². The highest BCUT2D eigenvalue weighted by atomic mass is 16.5. The van der Waals surface area contributed by atoms with Gasteiger partial charge in [-0.1, -0.05) is 12.1 Å². The van der Waals surface area contributed by atoms with E-state index in [9.17, 15) is 9.90 Å². The monoisotopic (exact) mass is 328 g/mol. The first-order chi connectivity index (χ1) is 11.5. The number of hydrogen-bond acceptors (Lipinski definition) is 5. The summed E-state index contributed by atoms with van der Waals surface area (Å²) in [5.41, 5.74) is 4.54. The second kappa shape index (κ2) is 8.01. The Bertz CT molecular complexity index is 756. The fraction of sp³-hybridized carbons (Fsp3) is 0.222. The maximum atomic E-state index is 12.0. The van der Waals surface area contributed by atoms with Crippen LogP contribution in [0.4, 0.5) is 0 Å². The lowest BCUT2D eigenvalue weighted by Gasteiger charge is -2.09.